The normalized spacial score (nSPS) is 13.5. The molecule has 0 rings (SSSR count). The summed E-state index contributed by atoms with van der Waals surface area (Å²) in [5.41, 5.74) is 0. The van der Waals surface area contributed by atoms with Crippen LogP contribution in [0.5, 0.6) is 0 Å². The predicted molar refractivity (Wildman–Crippen MR) is 59.1 cm³/mol. The number of rotatable bonds is 6. The highest BCUT2D eigenvalue weighted by Crippen LogP contribution is 1.93. The Labute approximate surface area is 92.4 Å². The van der Waals surface area contributed by atoms with Gasteiger partial charge in [0.2, 0.25) is 0 Å². The van der Waals surface area contributed by atoms with Gasteiger partial charge in [0.25, 0.3) is 0 Å². The third-order valence-electron chi connectivity index (χ3n) is 1.64. The van der Waals surface area contributed by atoms with Crippen LogP contribution < -0.4 is 0 Å². The minimum absolute atomic E-state index is 0.0491. The van der Waals surface area contributed by atoms with E-state index in [-0.39, 0.29) is 12.2 Å². The van der Waals surface area contributed by atoms with Gasteiger partial charge in [-0.15, -0.1) is 0 Å². The van der Waals surface area contributed by atoms with Crippen molar-refractivity contribution in [1.82, 2.24) is 0 Å². The molecule has 0 aromatic heterocycles. The lowest BCUT2D eigenvalue weighted by molar-refractivity contribution is 0.0990. The molecule has 0 fully saturated rings. The van der Waals surface area contributed by atoms with Gasteiger partial charge in [-0.05, 0) is 20.3 Å². The van der Waals surface area contributed by atoms with Gasteiger partial charge < -0.3 is 9.47 Å². The topological polar surface area (TPSA) is 42.2 Å². The van der Waals surface area contributed by atoms with E-state index in [0.29, 0.717) is 13.0 Å². The molecular formula is C12H19NO2. The molecule has 0 saturated heterocycles. The Morgan fingerprint density at radius 3 is 2.07 bits per heavy atom. The molecule has 0 amide bonds. The summed E-state index contributed by atoms with van der Waals surface area (Å²) in [6, 6.07) is 2.02. The molecule has 0 heterocycles. The second kappa shape index (κ2) is 9.52. The summed E-state index contributed by atoms with van der Waals surface area (Å²) in [5.74, 6) is 5.91. The Bertz CT molecular complexity index is 247. The van der Waals surface area contributed by atoms with Crippen LogP contribution in [0.3, 0.4) is 0 Å². The summed E-state index contributed by atoms with van der Waals surface area (Å²) < 4.78 is 10.7. The molecule has 84 valence electrons. The fourth-order valence-corrected chi connectivity index (χ4v) is 0.894. The summed E-state index contributed by atoms with van der Waals surface area (Å²) in [6.07, 6.45) is 1.23. The summed E-state index contributed by atoms with van der Waals surface area (Å²) in [5, 5.41) is 8.31. The fraction of sp³-hybridized carbons (Fsp3) is 0.750. The molecular weight excluding hydrogens is 190 g/mol. The average Bonchev–Trinajstić information content (AvgIpc) is 2.24. The first kappa shape index (κ1) is 14.0. The minimum atomic E-state index is -0.133. The first-order valence-electron chi connectivity index (χ1n) is 5.32. The summed E-state index contributed by atoms with van der Waals surface area (Å²) in [6.45, 7) is 7.03. The van der Waals surface area contributed by atoms with Gasteiger partial charge in [0, 0.05) is 6.61 Å². The maximum Gasteiger partial charge on any atom is 0.115 e. The smallest absolute Gasteiger partial charge is 0.115 e. The van der Waals surface area contributed by atoms with Crippen molar-refractivity contribution in [2.24, 2.45) is 0 Å². The van der Waals surface area contributed by atoms with Crippen molar-refractivity contribution in [3.8, 4) is 17.9 Å². The first-order valence-corrected chi connectivity index (χ1v) is 5.32. The van der Waals surface area contributed by atoms with E-state index >= 15 is 0 Å². The second-order valence-electron chi connectivity index (χ2n) is 3.22. The summed E-state index contributed by atoms with van der Waals surface area (Å²) in [7, 11) is 0. The summed E-state index contributed by atoms with van der Waals surface area (Å²) >= 11 is 0. The molecule has 3 nitrogen and oxygen atoms in total. The highest BCUT2D eigenvalue weighted by Gasteiger charge is 1.98. The highest BCUT2D eigenvalue weighted by molar-refractivity contribution is 5.07. The van der Waals surface area contributed by atoms with Crippen LogP contribution in [0.4, 0.5) is 0 Å². The number of nitriles is 1. The number of hydrogen-bond donors (Lipinski definition) is 0. The van der Waals surface area contributed by atoms with Gasteiger partial charge in [-0.25, -0.2) is 0 Å². The minimum Gasteiger partial charge on any atom is -0.366 e. The molecule has 2 atom stereocenters. The zero-order valence-electron chi connectivity index (χ0n) is 9.75. The zero-order valence-corrected chi connectivity index (χ0v) is 9.75. The van der Waals surface area contributed by atoms with Crippen molar-refractivity contribution in [3.05, 3.63) is 0 Å². The molecule has 3 heteroatoms. The number of ether oxygens (including phenoxy) is 2. The number of hydrogen-bond acceptors (Lipinski definition) is 3. The largest absolute Gasteiger partial charge is 0.366 e. The maximum absolute atomic E-state index is 8.31. The number of nitrogens with zero attached hydrogens (tertiary/aromatic N) is 1. The van der Waals surface area contributed by atoms with E-state index in [4.69, 9.17) is 14.7 Å². The lowest BCUT2D eigenvalue weighted by atomic mass is 10.3. The zero-order chi connectivity index (χ0) is 11.5. The van der Waals surface area contributed by atoms with E-state index in [1.165, 1.54) is 0 Å². The molecule has 0 aliphatic heterocycles. The quantitative estimate of drug-likeness (QED) is 0.497. The molecule has 15 heavy (non-hydrogen) atoms. The Hall–Kier alpha value is -1.03. The highest BCUT2D eigenvalue weighted by atomic mass is 16.5. The summed E-state index contributed by atoms with van der Waals surface area (Å²) in [4.78, 5) is 0. The monoisotopic (exact) mass is 209 g/mol. The Morgan fingerprint density at radius 2 is 1.60 bits per heavy atom. The van der Waals surface area contributed by atoms with Gasteiger partial charge in [0.15, 0.2) is 0 Å². The van der Waals surface area contributed by atoms with E-state index in [1.54, 1.807) is 0 Å². The Kier molecular flexibility index (Phi) is 8.87. The van der Waals surface area contributed by atoms with Crippen LogP contribution in [0.15, 0.2) is 0 Å². The molecule has 0 bridgehead atoms. The Balaban J connectivity index is 3.69. The van der Waals surface area contributed by atoms with Crippen LogP contribution in [0, 0.1) is 23.2 Å². The third kappa shape index (κ3) is 9.28. The molecule has 0 aliphatic rings. The maximum atomic E-state index is 8.31. The SMILES string of the molecule is CCCOC(C)C#CC(C)OCCC#N. The van der Waals surface area contributed by atoms with Gasteiger partial charge in [0.1, 0.15) is 12.2 Å². The lowest BCUT2D eigenvalue weighted by Gasteiger charge is -2.06. The second-order valence-corrected chi connectivity index (χ2v) is 3.22. The van der Waals surface area contributed by atoms with Crippen LogP contribution in [0.2, 0.25) is 0 Å². The molecule has 0 spiro atoms. The lowest BCUT2D eigenvalue weighted by Crippen LogP contribution is -2.09. The Morgan fingerprint density at radius 1 is 1.07 bits per heavy atom. The van der Waals surface area contributed by atoms with Gasteiger partial charge in [-0.3, -0.25) is 0 Å². The van der Waals surface area contributed by atoms with Gasteiger partial charge in [0.05, 0.1) is 19.1 Å². The molecule has 0 N–H and O–H groups in total. The van der Waals surface area contributed by atoms with Crippen molar-refractivity contribution in [2.75, 3.05) is 13.2 Å². The van der Waals surface area contributed by atoms with Crippen molar-refractivity contribution >= 4 is 0 Å². The van der Waals surface area contributed by atoms with E-state index in [2.05, 4.69) is 18.8 Å². The van der Waals surface area contributed by atoms with E-state index in [0.717, 1.165) is 13.0 Å². The molecule has 0 saturated carbocycles. The van der Waals surface area contributed by atoms with Crippen molar-refractivity contribution in [2.45, 2.75) is 45.8 Å². The fourth-order valence-electron chi connectivity index (χ4n) is 0.894. The standard InChI is InChI=1S/C12H19NO2/c1-4-9-14-11(2)6-7-12(3)15-10-5-8-13/h11-12H,4-5,9-10H2,1-3H3. The van der Waals surface area contributed by atoms with Crippen LogP contribution in [-0.4, -0.2) is 25.4 Å². The van der Waals surface area contributed by atoms with Crippen LogP contribution in [-0.2, 0) is 9.47 Å². The van der Waals surface area contributed by atoms with Gasteiger partial charge >= 0.3 is 0 Å². The van der Waals surface area contributed by atoms with Crippen molar-refractivity contribution in [1.29, 1.82) is 5.26 Å². The van der Waals surface area contributed by atoms with Gasteiger partial charge in [-0.1, -0.05) is 18.8 Å². The molecule has 2 unspecified atom stereocenters. The molecule has 0 radical (unpaired) electrons. The first-order chi connectivity index (χ1) is 7.20. The van der Waals surface area contributed by atoms with Crippen molar-refractivity contribution < 1.29 is 9.47 Å². The van der Waals surface area contributed by atoms with E-state index in [9.17, 15) is 0 Å². The molecule has 0 aliphatic carbocycles. The van der Waals surface area contributed by atoms with Crippen LogP contribution in [0.25, 0.3) is 0 Å². The predicted octanol–water partition coefficient (Wildman–Crippen LogP) is 2.12. The van der Waals surface area contributed by atoms with Crippen LogP contribution in [0.1, 0.15) is 33.6 Å². The average molecular weight is 209 g/mol. The molecule has 0 aromatic rings. The van der Waals surface area contributed by atoms with Crippen molar-refractivity contribution in [3.63, 3.8) is 0 Å². The molecule has 0 aromatic carbocycles. The van der Waals surface area contributed by atoms with Crippen LogP contribution >= 0.6 is 0 Å². The third-order valence-corrected chi connectivity index (χ3v) is 1.64. The van der Waals surface area contributed by atoms with E-state index < -0.39 is 0 Å². The van der Waals surface area contributed by atoms with Gasteiger partial charge in [-0.2, -0.15) is 5.26 Å². The van der Waals surface area contributed by atoms with E-state index in [1.807, 2.05) is 19.9 Å².